The molecule has 0 radical (unpaired) electrons. The van der Waals surface area contributed by atoms with Crippen molar-refractivity contribution in [2.75, 3.05) is 48.6 Å². The Hall–Kier alpha value is -6.83. The Morgan fingerprint density at radius 3 is 2.47 bits per heavy atom. The highest BCUT2D eigenvalue weighted by atomic mass is 32.2. The highest BCUT2D eigenvalue weighted by molar-refractivity contribution is 7.93. The van der Waals surface area contributed by atoms with Gasteiger partial charge in [0.25, 0.3) is 15.9 Å². The minimum absolute atomic E-state index is 0.00710. The van der Waals surface area contributed by atoms with Gasteiger partial charge in [-0.15, -0.1) is 0 Å². The van der Waals surface area contributed by atoms with Gasteiger partial charge in [-0.2, -0.15) is 19.0 Å². The molecular formula is C42H43F3N10O6S. The van der Waals surface area contributed by atoms with Crippen LogP contribution in [0.3, 0.4) is 0 Å². The van der Waals surface area contributed by atoms with Gasteiger partial charge in [0, 0.05) is 67.9 Å². The first-order chi connectivity index (χ1) is 29.7. The monoisotopic (exact) mass is 872 g/mol. The molecule has 6 aromatic rings. The predicted molar refractivity (Wildman–Crippen MR) is 226 cm³/mol. The van der Waals surface area contributed by atoms with Crippen LogP contribution in [0.4, 0.5) is 35.2 Å². The third-order valence-corrected chi connectivity index (χ3v) is 12.1. The second-order valence-corrected chi connectivity index (χ2v) is 16.7. The van der Waals surface area contributed by atoms with Crippen LogP contribution in [-0.4, -0.2) is 88.8 Å². The Morgan fingerprint density at radius 2 is 1.76 bits per heavy atom. The third kappa shape index (κ3) is 8.16. The Kier molecular flexibility index (Phi) is 11.4. The van der Waals surface area contributed by atoms with E-state index >= 15 is 0 Å². The van der Waals surface area contributed by atoms with Gasteiger partial charge in [0.15, 0.2) is 0 Å². The highest BCUT2D eigenvalue weighted by Gasteiger charge is 2.30. The maximum absolute atomic E-state index is 13.7. The molecule has 2 fully saturated rings. The number of halogens is 3. The number of benzene rings is 3. The first kappa shape index (κ1) is 41.9. The number of methoxy groups -OCH3 is 1. The van der Waals surface area contributed by atoms with E-state index in [0.29, 0.717) is 89.3 Å². The Bertz CT molecular complexity index is 2770. The van der Waals surface area contributed by atoms with E-state index in [0.717, 1.165) is 12.0 Å². The van der Waals surface area contributed by atoms with E-state index in [1.165, 1.54) is 49.6 Å². The standard InChI is InChI=1S/C42H43F3N10O6S/c1-24(25-5-9-29(43)10-6-25)61-35-20-26(7-11-32(35)51-62(58,59)41(44)45)37-36-38(52(2)50-37)31(22-48-39(36)46)28-21-49-55(23-28)30-13-17-53(18-14-30)40(56)27-8-12-34(60-3)33(19-27)54-16-4-15-47-42(54)57/h5-12,19-24,30,41,51H,4,13-18H2,1-3H3,(H2,46,48)(H,47,57)/t24-/m0/s1. The molecule has 3 aromatic heterocycles. The van der Waals surface area contributed by atoms with Crippen LogP contribution < -0.4 is 30.1 Å². The molecule has 20 heteroatoms. The lowest BCUT2D eigenvalue weighted by Crippen LogP contribution is -2.46. The van der Waals surface area contributed by atoms with Crippen LogP contribution >= 0.6 is 0 Å². The molecule has 0 saturated carbocycles. The molecule has 2 aliphatic rings. The molecule has 5 heterocycles. The number of likely N-dealkylation sites (tertiary alicyclic amines) is 1. The molecule has 3 amide bonds. The number of nitrogens with one attached hydrogen (secondary N) is 2. The second-order valence-electron chi connectivity index (χ2n) is 15.0. The molecule has 2 aliphatic heterocycles. The SMILES string of the molecule is COc1ccc(C(=O)N2CCC(n3cc(-c4cnc(N)c5c(-c6ccc(NS(=O)(=O)C(F)F)c(O[C@@H](C)c7ccc(F)cc7)c6)nn(C)c45)cn3)CC2)cc1N1CCCNC1=O. The summed E-state index contributed by atoms with van der Waals surface area (Å²) in [4.78, 5) is 34.2. The number of nitrogens with two attached hydrogens (primary N) is 1. The maximum atomic E-state index is 13.7. The molecule has 62 heavy (non-hydrogen) atoms. The molecule has 4 N–H and O–H groups in total. The zero-order chi connectivity index (χ0) is 43.9. The van der Waals surface area contributed by atoms with Crippen molar-refractivity contribution in [3.05, 3.63) is 96.2 Å². The highest BCUT2D eigenvalue weighted by Crippen LogP contribution is 2.41. The van der Waals surface area contributed by atoms with Crippen molar-refractivity contribution in [3.63, 3.8) is 0 Å². The quantitative estimate of drug-likeness (QED) is 0.119. The van der Waals surface area contributed by atoms with Gasteiger partial charge >= 0.3 is 11.8 Å². The Balaban J connectivity index is 1.04. The van der Waals surface area contributed by atoms with Crippen molar-refractivity contribution in [2.24, 2.45) is 7.05 Å². The van der Waals surface area contributed by atoms with Gasteiger partial charge in [-0.1, -0.05) is 18.2 Å². The number of piperidine rings is 1. The molecule has 324 valence electrons. The van der Waals surface area contributed by atoms with Crippen LogP contribution in [0.2, 0.25) is 0 Å². The fraction of sp³-hybridized carbons (Fsp3) is 0.310. The number of nitrogens with zero attached hydrogens (tertiary/aromatic N) is 7. The summed E-state index contributed by atoms with van der Waals surface area (Å²) >= 11 is 0. The molecular weight excluding hydrogens is 830 g/mol. The van der Waals surface area contributed by atoms with E-state index in [9.17, 15) is 31.2 Å². The Morgan fingerprint density at radius 1 is 1.00 bits per heavy atom. The van der Waals surface area contributed by atoms with Gasteiger partial charge in [0.2, 0.25) is 0 Å². The van der Waals surface area contributed by atoms with Crippen LogP contribution in [-0.2, 0) is 17.1 Å². The number of sulfonamides is 1. The molecule has 1 atom stereocenters. The number of fused-ring (bicyclic) bond motifs is 1. The number of alkyl halides is 2. The number of urea groups is 1. The number of anilines is 3. The number of aromatic nitrogens is 5. The topological polar surface area (TPSA) is 192 Å². The van der Waals surface area contributed by atoms with Gasteiger partial charge in [0.05, 0.1) is 41.6 Å². The van der Waals surface area contributed by atoms with Crippen LogP contribution in [0, 0.1) is 5.82 Å². The fourth-order valence-electron chi connectivity index (χ4n) is 7.88. The number of ether oxygens (including phenoxy) is 2. The van der Waals surface area contributed by atoms with Gasteiger partial charge in [-0.25, -0.2) is 22.6 Å². The third-order valence-electron chi connectivity index (χ3n) is 11.1. The van der Waals surface area contributed by atoms with E-state index < -0.39 is 27.7 Å². The molecule has 0 unspecified atom stereocenters. The van der Waals surface area contributed by atoms with Crippen molar-refractivity contribution in [3.8, 4) is 33.9 Å². The number of hydrogen-bond donors (Lipinski definition) is 3. The molecule has 8 rings (SSSR count). The summed E-state index contributed by atoms with van der Waals surface area (Å²) in [6.07, 6.45) is 6.57. The lowest BCUT2D eigenvalue weighted by molar-refractivity contribution is 0.0690. The summed E-state index contributed by atoms with van der Waals surface area (Å²) in [5, 5.41) is 12.8. The summed E-state index contributed by atoms with van der Waals surface area (Å²) < 4.78 is 82.1. The molecule has 3 aromatic carbocycles. The van der Waals surface area contributed by atoms with Gasteiger partial charge in [-0.3, -0.25) is 23.8 Å². The number of nitrogen functional groups attached to an aromatic ring is 1. The van der Waals surface area contributed by atoms with E-state index in [-0.39, 0.29) is 35.2 Å². The molecule has 16 nitrogen and oxygen atoms in total. The van der Waals surface area contributed by atoms with Crippen LogP contribution in [0.15, 0.2) is 79.3 Å². The number of pyridine rings is 1. The van der Waals surface area contributed by atoms with Crippen LogP contribution in [0.5, 0.6) is 11.5 Å². The van der Waals surface area contributed by atoms with E-state index in [1.807, 2.05) is 15.6 Å². The fourth-order valence-corrected chi connectivity index (χ4v) is 8.44. The maximum Gasteiger partial charge on any atom is 0.355 e. The predicted octanol–water partition coefficient (Wildman–Crippen LogP) is 6.73. The van der Waals surface area contributed by atoms with E-state index in [1.54, 1.807) is 59.0 Å². The second kappa shape index (κ2) is 16.9. The smallest absolute Gasteiger partial charge is 0.355 e. The summed E-state index contributed by atoms with van der Waals surface area (Å²) in [5.41, 5.74) is 10.6. The number of hydrogen-bond acceptors (Lipinski definition) is 10. The molecule has 0 spiro atoms. The number of aryl methyl sites for hydroxylation is 1. The molecule has 0 aliphatic carbocycles. The average Bonchev–Trinajstić information content (AvgIpc) is 3.90. The lowest BCUT2D eigenvalue weighted by atomic mass is 10.0. The number of carbonyl (C=O) groups is 2. The first-order valence-corrected chi connectivity index (χ1v) is 21.3. The zero-order valence-corrected chi connectivity index (χ0v) is 34.7. The average molecular weight is 873 g/mol. The zero-order valence-electron chi connectivity index (χ0n) is 33.9. The number of rotatable bonds is 12. The van der Waals surface area contributed by atoms with Gasteiger partial charge in [0.1, 0.15) is 34.9 Å². The first-order valence-electron chi connectivity index (χ1n) is 19.8. The van der Waals surface area contributed by atoms with Gasteiger partial charge in [-0.05, 0) is 74.2 Å². The normalized spacial score (nSPS) is 15.5. The number of carbonyl (C=O) groups excluding carboxylic acids is 2. The summed E-state index contributed by atoms with van der Waals surface area (Å²) in [7, 11) is -1.80. The van der Waals surface area contributed by atoms with Crippen molar-refractivity contribution in [1.29, 1.82) is 0 Å². The van der Waals surface area contributed by atoms with Gasteiger partial charge < -0.3 is 25.4 Å². The summed E-state index contributed by atoms with van der Waals surface area (Å²) in [6.45, 7) is 3.73. The van der Waals surface area contributed by atoms with Crippen molar-refractivity contribution < 1.29 is 40.7 Å². The van der Waals surface area contributed by atoms with E-state index in [2.05, 4.69) is 10.3 Å². The molecule has 2 saturated heterocycles. The summed E-state index contributed by atoms with van der Waals surface area (Å²) in [6, 6.07) is 14.6. The lowest BCUT2D eigenvalue weighted by Gasteiger charge is -2.33. The number of amides is 3. The Labute approximate surface area is 354 Å². The van der Waals surface area contributed by atoms with Crippen molar-refractivity contribution >= 4 is 50.1 Å². The van der Waals surface area contributed by atoms with Crippen molar-refractivity contribution in [2.45, 2.75) is 44.1 Å². The van der Waals surface area contributed by atoms with Crippen LogP contribution in [0.1, 0.15) is 54.3 Å². The van der Waals surface area contributed by atoms with Crippen LogP contribution in [0.25, 0.3) is 33.3 Å². The molecule has 0 bridgehead atoms. The van der Waals surface area contributed by atoms with E-state index in [4.69, 9.17) is 25.4 Å². The minimum Gasteiger partial charge on any atom is -0.495 e. The van der Waals surface area contributed by atoms with Crippen molar-refractivity contribution in [1.82, 2.24) is 34.8 Å². The minimum atomic E-state index is -5.07. The largest absolute Gasteiger partial charge is 0.495 e. The summed E-state index contributed by atoms with van der Waals surface area (Å²) in [5.74, 6) is -3.73.